The van der Waals surface area contributed by atoms with E-state index in [1.807, 2.05) is 13.1 Å². The smallest absolute Gasteiger partial charge is 0.0515 e. The molecule has 2 rings (SSSR count). The standard InChI is InChI=1S/C13H17NO/c1-9-3-6-12-11(5-4-10(2)15)8-14-13(12)7-9/h3,6-8,10,14-15H,4-5H2,1-2H3. The number of hydrogen-bond donors (Lipinski definition) is 2. The van der Waals surface area contributed by atoms with Gasteiger partial charge in [0.1, 0.15) is 0 Å². The minimum atomic E-state index is -0.222. The van der Waals surface area contributed by atoms with E-state index in [9.17, 15) is 5.11 Å². The van der Waals surface area contributed by atoms with E-state index in [-0.39, 0.29) is 6.10 Å². The van der Waals surface area contributed by atoms with Crippen molar-refractivity contribution >= 4 is 10.9 Å². The Morgan fingerprint density at radius 2 is 2.20 bits per heavy atom. The van der Waals surface area contributed by atoms with E-state index in [2.05, 4.69) is 30.1 Å². The average Bonchev–Trinajstić information content (AvgIpc) is 2.57. The molecule has 1 heterocycles. The summed E-state index contributed by atoms with van der Waals surface area (Å²) in [5, 5.41) is 10.5. The summed E-state index contributed by atoms with van der Waals surface area (Å²) in [5.74, 6) is 0. The molecule has 1 aromatic carbocycles. The van der Waals surface area contributed by atoms with Crippen LogP contribution in [0.25, 0.3) is 10.9 Å². The van der Waals surface area contributed by atoms with E-state index in [0.29, 0.717) is 0 Å². The van der Waals surface area contributed by atoms with Gasteiger partial charge in [0, 0.05) is 17.1 Å². The number of H-pyrrole nitrogens is 1. The number of aryl methyl sites for hydroxylation is 2. The summed E-state index contributed by atoms with van der Waals surface area (Å²) in [6.45, 7) is 3.93. The maximum atomic E-state index is 9.26. The summed E-state index contributed by atoms with van der Waals surface area (Å²) in [7, 11) is 0. The molecular weight excluding hydrogens is 186 g/mol. The number of benzene rings is 1. The highest BCUT2D eigenvalue weighted by atomic mass is 16.3. The number of aromatic amines is 1. The van der Waals surface area contributed by atoms with Gasteiger partial charge < -0.3 is 10.1 Å². The summed E-state index contributed by atoms with van der Waals surface area (Å²) in [6, 6.07) is 6.43. The molecule has 2 heteroatoms. The Bertz CT molecular complexity index is 457. The quantitative estimate of drug-likeness (QED) is 0.790. The Balaban J connectivity index is 2.29. The van der Waals surface area contributed by atoms with Crippen molar-refractivity contribution in [2.24, 2.45) is 0 Å². The lowest BCUT2D eigenvalue weighted by Gasteiger charge is -2.02. The molecule has 0 radical (unpaired) electrons. The number of nitrogens with one attached hydrogen (secondary N) is 1. The van der Waals surface area contributed by atoms with Crippen LogP contribution in [0.15, 0.2) is 24.4 Å². The van der Waals surface area contributed by atoms with Crippen LogP contribution in [0.1, 0.15) is 24.5 Å². The molecule has 0 saturated carbocycles. The van der Waals surface area contributed by atoms with Gasteiger partial charge in [-0.2, -0.15) is 0 Å². The molecule has 15 heavy (non-hydrogen) atoms. The van der Waals surface area contributed by atoms with Crippen LogP contribution in [0.2, 0.25) is 0 Å². The third-order valence-electron chi connectivity index (χ3n) is 2.75. The van der Waals surface area contributed by atoms with Crippen molar-refractivity contribution < 1.29 is 5.11 Å². The number of rotatable bonds is 3. The molecule has 2 aromatic rings. The van der Waals surface area contributed by atoms with Crippen LogP contribution >= 0.6 is 0 Å². The van der Waals surface area contributed by atoms with Gasteiger partial charge in [-0.3, -0.25) is 0 Å². The van der Waals surface area contributed by atoms with Crippen LogP contribution in [0.3, 0.4) is 0 Å². The van der Waals surface area contributed by atoms with Gasteiger partial charge in [-0.25, -0.2) is 0 Å². The fourth-order valence-corrected chi connectivity index (χ4v) is 1.87. The third-order valence-corrected chi connectivity index (χ3v) is 2.75. The molecule has 1 atom stereocenters. The molecule has 0 fully saturated rings. The molecule has 1 unspecified atom stereocenters. The SMILES string of the molecule is Cc1ccc2c(CCC(C)O)c[nH]c2c1. The highest BCUT2D eigenvalue weighted by Crippen LogP contribution is 2.20. The summed E-state index contributed by atoms with van der Waals surface area (Å²) in [5.41, 5.74) is 3.76. The Kier molecular flexibility index (Phi) is 2.78. The van der Waals surface area contributed by atoms with Crippen LogP contribution in [-0.2, 0) is 6.42 Å². The zero-order valence-corrected chi connectivity index (χ0v) is 9.25. The second-order valence-electron chi connectivity index (χ2n) is 4.25. The van der Waals surface area contributed by atoms with Gasteiger partial charge in [0.2, 0.25) is 0 Å². The van der Waals surface area contributed by atoms with Crippen LogP contribution in [0, 0.1) is 6.92 Å². The summed E-state index contributed by atoms with van der Waals surface area (Å²) < 4.78 is 0. The van der Waals surface area contributed by atoms with E-state index >= 15 is 0 Å². The van der Waals surface area contributed by atoms with Gasteiger partial charge in [-0.15, -0.1) is 0 Å². The molecule has 0 amide bonds. The first-order chi connectivity index (χ1) is 7.16. The fourth-order valence-electron chi connectivity index (χ4n) is 1.87. The number of aliphatic hydroxyl groups is 1. The second-order valence-corrected chi connectivity index (χ2v) is 4.25. The van der Waals surface area contributed by atoms with Crippen LogP contribution in [0.5, 0.6) is 0 Å². The Hall–Kier alpha value is -1.28. The highest BCUT2D eigenvalue weighted by molar-refractivity contribution is 5.83. The van der Waals surface area contributed by atoms with Gasteiger partial charge in [-0.05, 0) is 43.9 Å². The van der Waals surface area contributed by atoms with Gasteiger partial charge in [-0.1, -0.05) is 12.1 Å². The molecule has 0 aliphatic carbocycles. The number of hydrogen-bond acceptors (Lipinski definition) is 1. The summed E-state index contributed by atoms with van der Waals surface area (Å²) in [6.07, 6.45) is 3.58. The van der Waals surface area contributed by atoms with Crippen molar-refractivity contribution in [3.05, 3.63) is 35.5 Å². The van der Waals surface area contributed by atoms with Gasteiger partial charge >= 0.3 is 0 Å². The van der Waals surface area contributed by atoms with Gasteiger partial charge in [0.25, 0.3) is 0 Å². The second kappa shape index (κ2) is 4.07. The van der Waals surface area contributed by atoms with Crippen molar-refractivity contribution in [1.29, 1.82) is 0 Å². The predicted octanol–water partition coefficient (Wildman–Crippen LogP) is 2.79. The number of fused-ring (bicyclic) bond motifs is 1. The van der Waals surface area contributed by atoms with Crippen molar-refractivity contribution in [2.45, 2.75) is 32.8 Å². The minimum absolute atomic E-state index is 0.222. The molecule has 0 bridgehead atoms. The van der Waals surface area contributed by atoms with E-state index in [4.69, 9.17) is 0 Å². The first kappa shape index (κ1) is 10.2. The third kappa shape index (κ3) is 2.21. The average molecular weight is 203 g/mol. The summed E-state index contributed by atoms with van der Waals surface area (Å²) in [4.78, 5) is 3.27. The van der Waals surface area contributed by atoms with Crippen LogP contribution in [0.4, 0.5) is 0 Å². The topological polar surface area (TPSA) is 36.0 Å². The van der Waals surface area contributed by atoms with Crippen molar-refractivity contribution in [3.8, 4) is 0 Å². The monoisotopic (exact) mass is 203 g/mol. The van der Waals surface area contributed by atoms with Gasteiger partial charge in [0.05, 0.1) is 6.10 Å². The van der Waals surface area contributed by atoms with E-state index in [0.717, 1.165) is 12.8 Å². The largest absolute Gasteiger partial charge is 0.393 e. The molecule has 80 valence electrons. The first-order valence-electron chi connectivity index (χ1n) is 5.41. The van der Waals surface area contributed by atoms with Crippen LogP contribution in [-0.4, -0.2) is 16.2 Å². The lowest BCUT2D eigenvalue weighted by Crippen LogP contribution is -2.00. The lowest BCUT2D eigenvalue weighted by atomic mass is 10.1. The molecule has 0 aliphatic rings. The zero-order chi connectivity index (χ0) is 10.8. The minimum Gasteiger partial charge on any atom is -0.393 e. The Labute approximate surface area is 89.9 Å². The zero-order valence-electron chi connectivity index (χ0n) is 9.25. The van der Waals surface area contributed by atoms with Crippen molar-refractivity contribution in [3.63, 3.8) is 0 Å². The Morgan fingerprint density at radius 3 is 2.93 bits per heavy atom. The van der Waals surface area contributed by atoms with Crippen molar-refractivity contribution in [1.82, 2.24) is 4.98 Å². The lowest BCUT2D eigenvalue weighted by molar-refractivity contribution is 0.185. The van der Waals surface area contributed by atoms with Crippen molar-refractivity contribution in [2.75, 3.05) is 0 Å². The molecule has 1 aromatic heterocycles. The number of aliphatic hydroxyl groups excluding tert-OH is 1. The van der Waals surface area contributed by atoms with Gasteiger partial charge in [0.15, 0.2) is 0 Å². The normalized spacial score (nSPS) is 13.3. The highest BCUT2D eigenvalue weighted by Gasteiger charge is 2.04. The molecular formula is C13H17NO. The fraction of sp³-hybridized carbons (Fsp3) is 0.385. The van der Waals surface area contributed by atoms with E-state index < -0.39 is 0 Å². The molecule has 0 saturated heterocycles. The number of aromatic nitrogens is 1. The van der Waals surface area contributed by atoms with Crippen LogP contribution < -0.4 is 0 Å². The Morgan fingerprint density at radius 1 is 1.40 bits per heavy atom. The maximum Gasteiger partial charge on any atom is 0.0515 e. The first-order valence-corrected chi connectivity index (χ1v) is 5.41. The van der Waals surface area contributed by atoms with E-state index in [1.165, 1.54) is 22.0 Å². The molecule has 2 nitrogen and oxygen atoms in total. The summed E-state index contributed by atoms with van der Waals surface area (Å²) >= 11 is 0. The predicted molar refractivity (Wildman–Crippen MR) is 63.0 cm³/mol. The van der Waals surface area contributed by atoms with E-state index in [1.54, 1.807) is 0 Å². The molecule has 0 spiro atoms. The molecule has 0 aliphatic heterocycles. The maximum absolute atomic E-state index is 9.26. The molecule has 2 N–H and O–H groups in total.